The number of aryl methyl sites for hydroxylation is 1. The summed E-state index contributed by atoms with van der Waals surface area (Å²) in [5.74, 6) is 5.79. The molecule has 4 heteroatoms. The maximum absolute atomic E-state index is 11.9. The quantitative estimate of drug-likeness (QED) is 0.523. The van der Waals surface area contributed by atoms with Crippen molar-refractivity contribution < 1.29 is 4.79 Å². The molecule has 0 aliphatic carbocycles. The molecule has 0 fully saturated rings. The molecule has 1 rings (SSSR count). The zero-order valence-electron chi connectivity index (χ0n) is 11.7. The van der Waals surface area contributed by atoms with Crippen molar-refractivity contribution in [3.63, 3.8) is 0 Å². The van der Waals surface area contributed by atoms with Crippen molar-refractivity contribution in [1.82, 2.24) is 5.01 Å². The number of unbranched alkanes of at least 4 members (excludes halogenated alkanes) is 1. The number of hydrogen-bond acceptors (Lipinski definition) is 4. The van der Waals surface area contributed by atoms with Crippen molar-refractivity contribution >= 4 is 5.78 Å². The van der Waals surface area contributed by atoms with Crippen LogP contribution < -0.4 is 11.6 Å². The molecule has 4 N–H and O–H groups in total. The van der Waals surface area contributed by atoms with Crippen molar-refractivity contribution in [1.29, 1.82) is 0 Å². The van der Waals surface area contributed by atoms with Crippen LogP contribution in [0.1, 0.15) is 31.7 Å². The molecular formula is C15H25N3O. The summed E-state index contributed by atoms with van der Waals surface area (Å²) in [7, 11) is 0. The smallest absolute Gasteiger partial charge is 0.164 e. The zero-order chi connectivity index (χ0) is 14.1. The van der Waals surface area contributed by atoms with Gasteiger partial charge in [-0.1, -0.05) is 43.7 Å². The highest BCUT2D eigenvalue weighted by atomic mass is 16.1. The van der Waals surface area contributed by atoms with Gasteiger partial charge in [-0.05, 0) is 24.8 Å². The van der Waals surface area contributed by atoms with Gasteiger partial charge in [-0.25, -0.2) is 5.01 Å². The van der Waals surface area contributed by atoms with Crippen LogP contribution in [0.4, 0.5) is 0 Å². The van der Waals surface area contributed by atoms with Crippen LogP contribution in [0.2, 0.25) is 0 Å². The minimum absolute atomic E-state index is 0.0227. The van der Waals surface area contributed by atoms with Gasteiger partial charge in [0.1, 0.15) is 0 Å². The molecule has 106 valence electrons. The SMILES string of the molecule is CCCCN(N)CC(=O)C(N)CCc1ccccc1. The maximum atomic E-state index is 11.9. The number of hydrazine groups is 1. The number of rotatable bonds is 9. The van der Waals surface area contributed by atoms with Gasteiger partial charge in [0, 0.05) is 6.54 Å². The largest absolute Gasteiger partial charge is 0.321 e. The van der Waals surface area contributed by atoms with Crippen molar-refractivity contribution in [3.05, 3.63) is 35.9 Å². The Hall–Kier alpha value is -1.23. The summed E-state index contributed by atoms with van der Waals surface area (Å²) < 4.78 is 0. The predicted molar refractivity (Wildman–Crippen MR) is 78.4 cm³/mol. The standard InChI is InChI=1S/C15H25N3O/c1-2-3-11-18(17)12-15(19)14(16)10-9-13-7-5-4-6-8-13/h4-8,14H,2-3,9-12,16-17H2,1H3. The Morgan fingerprint density at radius 2 is 2.00 bits per heavy atom. The first-order valence-corrected chi connectivity index (χ1v) is 6.95. The topological polar surface area (TPSA) is 72.3 Å². The van der Waals surface area contributed by atoms with E-state index in [-0.39, 0.29) is 12.3 Å². The first kappa shape index (κ1) is 15.8. The molecule has 0 bridgehead atoms. The predicted octanol–water partition coefficient (Wildman–Crippen LogP) is 1.49. The van der Waals surface area contributed by atoms with Crippen LogP contribution in [0, 0.1) is 0 Å². The Morgan fingerprint density at radius 1 is 1.32 bits per heavy atom. The lowest BCUT2D eigenvalue weighted by Gasteiger charge is -2.17. The Kier molecular flexibility index (Phi) is 7.33. The van der Waals surface area contributed by atoms with E-state index in [0.717, 1.165) is 25.8 Å². The van der Waals surface area contributed by atoms with E-state index in [2.05, 4.69) is 6.92 Å². The molecule has 0 saturated carbocycles. The number of ketones is 1. The first-order chi connectivity index (χ1) is 9.13. The normalized spacial score (nSPS) is 12.6. The molecule has 0 spiro atoms. The summed E-state index contributed by atoms with van der Waals surface area (Å²) in [4.78, 5) is 11.9. The summed E-state index contributed by atoms with van der Waals surface area (Å²) >= 11 is 0. The molecule has 19 heavy (non-hydrogen) atoms. The molecule has 1 unspecified atom stereocenters. The van der Waals surface area contributed by atoms with Crippen molar-refractivity contribution in [2.75, 3.05) is 13.1 Å². The second-order valence-corrected chi connectivity index (χ2v) is 4.92. The summed E-state index contributed by atoms with van der Waals surface area (Å²) in [5, 5.41) is 1.56. The number of hydrogen-bond donors (Lipinski definition) is 2. The highest BCUT2D eigenvalue weighted by Gasteiger charge is 2.15. The molecular weight excluding hydrogens is 238 g/mol. The molecule has 1 aromatic rings. The minimum Gasteiger partial charge on any atom is -0.321 e. The third-order valence-corrected chi connectivity index (χ3v) is 3.16. The monoisotopic (exact) mass is 263 g/mol. The van der Waals surface area contributed by atoms with Crippen LogP contribution in [0.25, 0.3) is 0 Å². The highest BCUT2D eigenvalue weighted by molar-refractivity contribution is 5.85. The Labute approximate surface area is 115 Å². The fourth-order valence-electron chi connectivity index (χ4n) is 1.89. The van der Waals surface area contributed by atoms with Gasteiger partial charge in [0.25, 0.3) is 0 Å². The zero-order valence-corrected chi connectivity index (χ0v) is 11.7. The average molecular weight is 263 g/mol. The van der Waals surface area contributed by atoms with Gasteiger partial charge >= 0.3 is 0 Å². The number of benzene rings is 1. The Bertz CT molecular complexity index is 367. The van der Waals surface area contributed by atoms with Crippen LogP contribution in [0.15, 0.2) is 30.3 Å². The third-order valence-electron chi connectivity index (χ3n) is 3.16. The number of Topliss-reactive ketones (excluding diaryl/α,β-unsaturated/α-hetero) is 1. The van der Waals surface area contributed by atoms with Gasteiger partial charge in [0.05, 0.1) is 12.6 Å². The van der Waals surface area contributed by atoms with E-state index in [0.29, 0.717) is 6.42 Å². The first-order valence-electron chi connectivity index (χ1n) is 6.95. The molecule has 1 aromatic carbocycles. The summed E-state index contributed by atoms with van der Waals surface area (Å²) in [6.07, 6.45) is 3.57. The summed E-state index contributed by atoms with van der Waals surface area (Å²) in [5.41, 5.74) is 7.12. The van der Waals surface area contributed by atoms with Crippen LogP contribution in [0.3, 0.4) is 0 Å². The molecule has 0 aliphatic rings. The molecule has 0 radical (unpaired) electrons. The summed E-state index contributed by atoms with van der Waals surface area (Å²) in [6.45, 7) is 3.09. The lowest BCUT2D eigenvalue weighted by atomic mass is 10.0. The second kappa shape index (κ2) is 8.80. The number of carbonyl (C=O) groups excluding carboxylic acids is 1. The van der Waals surface area contributed by atoms with Gasteiger partial charge < -0.3 is 5.73 Å². The number of carbonyl (C=O) groups is 1. The lowest BCUT2D eigenvalue weighted by Crippen LogP contribution is -2.43. The van der Waals surface area contributed by atoms with Gasteiger partial charge in [-0.15, -0.1) is 0 Å². The average Bonchev–Trinajstić information content (AvgIpc) is 2.43. The van der Waals surface area contributed by atoms with Gasteiger partial charge in [0.15, 0.2) is 5.78 Å². The molecule has 4 nitrogen and oxygen atoms in total. The van der Waals surface area contributed by atoms with Crippen LogP contribution in [-0.4, -0.2) is 29.9 Å². The second-order valence-electron chi connectivity index (χ2n) is 4.92. The van der Waals surface area contributed by atoms with E-state index in [9.17, 15) is 4.79 Å². The van der Waals surface area contributed by atoms with Crippen LogP contribution in [-0.2, 0) is 11.2 Å². The summed E-state index contributed by atoms with van der Waals surface area (Å²) in [6, 6.07) is 9.65. The highest BCUT2D eigenvalue weighted by Crippen LogP contribution is 2.05. The van der Waals surface area contributed by atoms with E-state index in [1.54, 1.807) is 5.01 Å². The van der Waals surface area contributed by atoms with E-state index in [1.165, 1.54) is 5.56 Å². The van der Waals surface area contributed by atoms with E-state index < -0.39 is 6.04 Å². The van der Waals surface area contributed by atoms with E-state index in [4.69, 9.17) is 11.6 Å². The minimum atomic E-state index is -0.423. The van der Waals surface area contributed by atoms with Crippen molar-refractivity contribution in [2.24, 2.45) is 11.6 Å². The fraction of sp³-hybridized carbons (Fsp3) is 0.533. The molecule has 1 atom stereocenters. The van der Waals surface area contributed by atoms with E-state index >= 15 is 0 Å². The Balaban J connectivity index is 2.28. The molecule has 0 heterocycles. The third kappa shape index (κ3) is 6.47. The molecule has 0 aromatic heterocycles. The van der Waals surface area contributed by atoms with Crippen LogP contribution in [0.5, 0.6) is 0 Å². The number of nitrogens with zero attached hydrogens (tertiary/aromatic N) is 1. The molecule has 0 amide bonds. The van der Waals surface area contributed by atoms with Gasteiger partial charge in [-0.2, -0.15) is 0 Å². The number of nitrogens with two attached hydrogens (primary N) is 2. The van der Waals surface area contributed by atoms with Crippen molar-refractivity contribution in [2.45, 2.75) is 38.6 Å². The van der Waals surface area contributed by atoms with Crippen molar-refractivity contribution in [3.8, 4) is 0 Å². The molecule has 0 saturated heterocycles. The lowest BCUT2D eigenvalue weighted by molar-refractivity contribution is -0.121. The van der Waals surface area contributed by atoms with Crippen LogP contribution >= 0.6 is 0 Å². The van der Waals surface area contributed by atoms with Gasteiger partial charge in [-0.3, -0.25) is 10.6 Å². The molecule has 0 aliphatic heterocycles. The Morgan fingerprint density at radius 3 is 2.63 bits per heavy atom. The maximum Gasteiger partial charge on any atom is 0.164 e. The fourth-order valence-corrected chi connectivity index (χ4v) is 1.89. The van der Waals surface area contributed by atoms with Gasteiger partial charge in [0.2, 0.25) is 0 Å². The van der Waals surface area contributed by atoms with E-state index in [1.807, 2.05) is 30.3 Å².